The molecule has 9 nitrogen and oxygen atoms in total. The fourth-order valence-corrected chi connectivity index (χ4v) is 3.91. The smallest absolute Gasteiger partial charge is 0.405 e. The van der Waals surface area contributed by atoms with Gasteiger partial charge in [0.15, 0.2) is 0 Å². The van der Waals surface area contributed by atoms with Crippen LogP contribution in [-0.4, -0.2) is 88.2 Å². The van der Waals surface area contributed by atoms with Crippen LogP contribution in [0.4, 0.5) is 4.79 Å². The second-order valence-corrected chi connectivity index (χ2v) is 7.60. The number of fused-ring (bicyclic) bond motifs is 1. The Bertz CT molecular complexity index is 627. The van der Waals surface area contributed by atoms with Crippen LogP contribution in [0.2, 0.25) is 0 Å². The van der Waals surface area contributed by atoms with Gasteiger partial charge in [-0.2, -0.15) is 0 Å². The molecule has 3 amide bonds. The number of nitrogens with zero attached hydrogens (tertiary/aromatic N) is 4. The molecule has 2 fully saturated rings. The number of likely N-dealkylation sites (tertiary alicyclic amines) is 1. The van der Waals surface area contributed by atoms with Crippen molar-refractivity contribution < 1.29 is 19.5 Å². The molecular weight excluding hydrogens is 338 g/mol. The van der Waals surface area contributed by atoms with Crippen molar-refractivity contribution in [3.63, 3.8) is 0 Å². The van der Waals surface area contributed by atoms with Gasteiger partial charge in [-0.25, -0.2) is 4.79 Å². The van der Waals surface area contributed by atoms with Crippen molar-refractivity contribution in [1.82, 2.24) is 24.9 Å². The van der Waals surface area contributed by atoms with Crippen LogP contribution in [0.15, 0.2) is 11.9 Å². The van der Waals surface area contributed by atoms with Crippen LogP contribution in [0.1, 0.15) is 26.7 Å². The summed E-state index contributed by atoms with van der Waals surface area (Å²) in [5, 5.41) is 11.3. The summed E-state index contributed by atoms with van der Waals surface area (Å²) in [4.78, 5) is 43.9. The topological polar surface area (TPSA) is 96.4 Å². The maximum atomic E-state index is 12.7. The van der Waals surface area contributed by atoms with Crippen LogP contribution in [0.5, 0.6) is 0 Å². The van der Waals surface area contributed by atoms with Crippen LogP contribution in [0.3, 0.4) is 0 Å². The first-order chi connectivity index (χ1) is 12.3. The van der Waals surface area contributed by atoms with Crippen LogP contribution in [0.25, 0.3) is 0 Å². The molecule has 0 unspecified atom stereocenters. The molecule has 0 aromatic heterocycles. The zero-order valence-corrected chi connectivity index (χ0v) is 15.5. The van der Waals surface area contributed by atoms with Gasteiger partial charge in [-0.15, -0.1) is 0 Å². The summed E-state index contributed by atoms with van der Waals surface area (Å²) in [6, 6.07) is -0.614. The molecule has 0 spiro atoms. The van der Waals surface area contributed by atoms with Gasteiger partial charge in [0.2, 0.25) is 5.91 Å². The highest BCUT2D eigenvalue weighted by Gasteiger charge is 2.41. The standard InChI is InChI=1S/C17H27N5O4/c1-11(2)14(18-17(25)26)16(24)20-6-4-12(5-7-20)22-10-21-9-19(3)8-13(21)15(22)23/h8,11-12,14,18H,4-7,9-10H2,1-3H3,(H,25,26)/t14-/m1/s1. The monoisotopic (exact) mass is 365 g/mol. The molecule has 0 radical (unpaired) electrons. The van der Waals surface area contributed by atoms with Gasteiger partial charge in [0.05, 0.1) is 13.3 Å². The summed E-state index contributed by atoms with van der Waals surface area (Å²) >= 11 is 0. The van der Waals surface area contributed by atoms with Crippen LogP contribution in [-0.2, 0) is 9.59 Å². The quantitative estimate of drug-likeness (QED) is 0.734. The van der Waals surface area contributed by atoms with E-state index in [2.05, 4.69) is 10.2 Å². The van der Waals surface area contributed by atoms with Gasteiger partial charge in [-0.1, -0.05) is 13.8 Å². The fourth-order valence-electron chi connectivity index (χ4n) is 3.91. The predicted octanol–water partition coefficient (Wildman–Crippen LogP) is 0.116. The number of piperidine rings is 1. The minimum atomic E-state index is -1.19. The van der Waals surface area contributed by atoms with Crippen LogP contribution < -0.4 is 5.32 Å². The van der Waals surface area contributed by atoms with Crippen molar-refractivity contribution in [1.29, 1.82) is 0 Å². The second kappa shape index (κ2) is 7.05. The number of carboxylic acid groups (broad SMARTS) is 1. The number of hydrogen-bond acceptors (Lipinski definition) is 5. The molecule has 0 saturated carbocycles. The summed E-state index contributed by atoms with van der Waals surface area (Å²) in [5.41, 5.74) is 0.747. The maximum Gasteiger partial charge on any atom is 0.405 e. The normalized spacial score (nSPS) is 22.0. The van der Waals surface area contributed by atoms with Gasteiger partial charge in [0.1, 0.15) is 11.7 Å². The SMILES string of the molecule is CC(C)[C@@H](NC(=O)O)C(=O)N1CCC(N2CN3CN(C)C=C3C2=O)CC1. The Morgan fingerprint density at radius 2 is 1.88 bits per heavy atom. The fraction of sp³-hybridized carbons (Fsp3) is 0.706. The van der Waals surface area contributed by atoms with Gasteiger partial charge in [-0.05, 0) is 18.8 Å². The lowest BCUT2D eigenvalue weighted by Gasteiger charge is -2.38. The predicted molar refractivity (Wildman–Crippen MR) is 93.7 cm³/mol. The van der Waals surface area contributed by atoms with Gasteiger partial charge < -0.3 is 30.0 Å². The van der Waals surface area contributed by atoms with Crippen molar-refractivity contribution in [2.75, 3.05) is 33.5 Å². The summed E-state index contributed by atoms with van der Waals surface area (Å²) in [7, 11) is 1.95. The minimum Gasteiger partial charge on any atom is -0.465 e. The molecule has 0 aromatic rings. The number of carbonyl (C=O) groups is 3. The molecule has 0 aliphatic carbocycles. The maximum absolute atomic E-state index is 12.7. The summed E-state index contributed by atoms with van der Waals surface area (Å²) < 4.78 is 0. The molecule has 26 heavy (non-hydrogen) atoms. The molecule has 2 N–H and O–H groups in total. The molecule has 3 rings (SSSR count). The number of nitrogens with one attached hydrogen (secondary N) is 1. The van der Waals surface area contributed by atoms with E-state index in [9.17, 15) is 14.4 Å². The van der Waals surface area contributed by atoms with E-state index in [1.165, 1.54) is 0 Å². The molecule has 144 valence electrons. The Hall–Kier alpha value is -2.45. The first-order valence-corrected chi connectivity index (χ1v) is 9.04. The summed E-state index contributed by atoms with van der Waals surface area (Å²) in [5.74, 6) is -0.238. The van der Waals surface area contributed by atoms with Gasteiger partial charge >= 0.3 is 6.09 Å². The van der Waals surface area contributed by atoms with Crippen molar-refractivity contribution in [3.05, 3.63) is 11.9 Å². The van der Waals surface area contributed by atoms with Gasteiger partial charge in [0.25, 0.3) is 5.91 Å². The Morgan fingerprint density at radius 1 is 1.23 bits per heavy atom. The van der Waals surface area contributed by atoms with Crippen LogP contribution in [0, 0.1) is 5.92 Å². The zero-order chi connectivity index (χ0) is 19.0. The Labute approximate surface area is 153 Å². The van der Waals surface area contributed by atoms with Crippen LogP contribution >= 0.6 is 0 Å². The highest BCUT2D eigenvalue weighted by atomic mass is 16.4. The molecule has 0 aromatic carbocycles. The van der Waals surface area contributed by atoms with Gasteiger partial charge in [0, 0.05) is 32.4 Å². The molecule has 1 atom stereocenters. The average Bonchev–Trinajstić information content (AvgIpc) is 3.09. The number of hydrogen-bond donors (Lipinski definition) is 2. The average molecular weight is 365 g/mol. The summed E-state index contributed by atoms with van der Waals surface area (Å²) in [6.45, 7) is 6.06. The number of carbonyl (C=O) groups excluding carboxylic acids is 2. The molecule has 9 heteroatoms. The Morgan fingerprint density at radius 3 is 2.42 bits per heavy atom. The molecule has 2 saturated heterocycles. The largest absolute Gasteiger partial charge is 0.465 e. The van der Waals surface area contributed by atoms with E-state index in [0.29, 0.717) is 32.6 Å². The third-order valence-electron chi connectivity index (χ3n) is 5.31. The Kier molecular flexibility index (Phi) is 4.97. The lowest BCUT2D eigenvalue weighted by Crippen LogP contribution is -2.54. The first-order valence-electron chi connectivity index (χ1n) is 9.04. The molecular formula is C17H27N5O4. The van der Waals surface area contributed by atoms with Crippen molar-refractivity contribution >= 4 is 17.9 Å². The zero-order valence-electron chi connectivity index (χ0n) is 15.5. The number of amides is 3. The van der Waals surface area contributed by atoms with E-state index >= 15 is 0 Å². The molecule has 3 heterocycles. The van der Waals surface area contributed by atoms with Gasteiger partial charge in [-0.3, -0.25) is 9.59 Å². The lowest BCUT2D eigenvalue weighted by atomic mass is 9.99. The van der Waals surface area contributed by atoms with Crippen molar-refractivity contribution in [3.8, 4) is 0 Å². The third-order valence-corrected chi connectivity index (χ3v) is 5.31. The highest BCUT2D eigenvalue weighted by molar-refractivity contribution is 5.95. The van der Waals surface area contributed by atoms with E-state index < -0.39 is 12.1 Å². The third kappa shape index (κ3) is 3.42. The van der Waals surface area contributed by atoms with Crippen molar-refractivity contribution in [2.24, 2.45) is 5.92 Å². The van der Waals surface area contributed by atoms with E-state index in [4.69, 9.17) is 5.11 Å². The van der Waals surface area contributed by atoms with E-state index in [0.717, 1.165) is 12.4 Å². The lowest BCUT2D eigenvalue weighted by molar-refractivity contribution is -0.136. The Balaban J connectivity index is 1.58. The first kappa shape index (κ1) is 18.3. The minimum absolute atomic E-state index is 0.0618. The van der Waals surface area contributed by atoms with E-state index in [-0.39, 0.29) is 23.8 Å². The van der Waals surface area contributed by atoms with E-state index in [1.807, 2.05) is 36.9 Å². The second-order valence-electron chi connectivity index (χ2n) is 7.60. The highest BCUT2D eigenvalue weighted by Crippen LogP contribution is 2.29. The number of rotatable bonds is 4. The van der Waals surface area contributed by atoms with E-state index in [1.54, 1.807) is 4.90 Å². The summed E-state index contributed by atoms with van der Waals surface area (Å²) in [6.07, 6.45) is 2.12. The molecule has 3 aliphatic heterocycles. The van der Waals surface area contributed by atoms with Crippen molar-refractivity contribution in [2.45, 2.75) is 38.8 Å². The molecule has 0 bridgehead atoms. The molecule has 3 aliphatic rings.